The Morgan fingerprint density at radius 1 is 1.41 bits per heavy atom. The van der Waals surface area contributed by atoms with Crippen molar-refractivity contribution in [3.05, 3.63) is 35.9 Å². The van der Waals surface area contributed by atoms with E-state index in [4.69, 9.17) is 11.1 Å². The van der Waals surface area contributed by atoms with Crippen LogP contribution in [0.15, 0.2) is 30.3 Å². The number of benzene rings is 1. The summed E-state index contributed by atoms with van der Waals surface area (Å²) in [7, 11) is 0. The van der Waals surface area contributed by atoms with Gasteiger partial charge in [-0.05, 0) is 25.3 Å². The van der Waals surface area contributed by atoms with Crippen molar-refractivity contribution in [2.75, 3.05) is 0 Å². The number of rotatable bonds is 6. The van der Waals surface area contributed by atoms with Gasteiger partial charge in [0.2, 0.25) is 5.91 Å². The van der Waals surface area contributed by atoms with E-state index < -0.39 is 0 Å². The fraction of sp³-hybridized carbons (Fsp3) is 0.385. The van der Waals surface area contributed by atoms with Gasteiger partial charge in [-0.15, -0.1) is 0 Å². The van der Waals surface area contributed by atoms with Crippen LogP contribution in [0.1, 0.15) is 25.3 Å². The molecule has 0 saturated carbocycles. The second kappa shape index (κ2) is 6.68. The van der Waals surface area contributed by atoms with Gasteiger partial charge in [0.1, 0.15) is 0 Å². The second-order valence-corrected chi connectivity index (χ2v) is 4.19. The highest BCUT2D eigenvalue weighted by Gasteiger charge is 2.08. The molecule has 0 bridgehead atoms. The van der Waals surface area contributed by atoms with Gasteiger partial charge in [0, 0.05) is 6.04 Å². The van der Waals surface area contributed by atoms with Crippen molar-refractivity contribution >= 4 is 11.7 Å². The number of aryl methyl sites for hydroxylation is 1. The first-order chi connectivity index (χ1) is 8.08. The highest BCUT2D eigenvalue weighted by Crippen LogP contribution is 2.04. The predicted octanol–water partition coefficient (Wildman–Crippen LogP) is 1.45. The second-order valence-electron chi connectivity index (χ2n) is 4.19. The van der Waals surface area contributed by atoms with Crippen molar-refractivity contribution in [3.63, 3.8) is 0 Å². The van der Waals surface area contributed by atoms with E-state index in [2.05, 4.69) is 17.4 Å². The zero-order valence-electron chi connectivity index (χ0n) is 10.1. The Bertz CT molecular complexity index is 376. The van der Waals surface area contributed by atoms with E-state index >= 15 is 0 Å². The van der Waals surface area contributed by atoms with Crippen molar-refractivity contribution < 1.29 is 4.79 Å². The third-order valence-electron chi connectivity index (χ3n) is 2.47. The molecule has 0 saturated heterocycles. The van der Waals surface area contributed by atoms with Gasteiger partial charge in [0.15, 0.2) is 0 Å². The number of amidine groups is 1. The molecule has 1 aromatic rings. The minimum Gasteiger partial charge on any atom is -0.387 e. The lowest BCUT2D eigenvalue weighted by Crippen LogP contribution is -2.35. The molecule has 0 aliphatic heterocycles. The molecule has 0 radical (unpaired) electrons. The van der Waals surface area contributed by atoms with E-state index in [1.807, 2.05) is 25.1 Å². The number of carbonyl (C=O) groups is 1. The van der Waals surface area contributed by atoms with E-state index in [1.54, 1.807) is 0 Å². The molecule has 0 heterocycles. The average molecular weight is 233 g/mol. The Morgan fingerprint density at radius 3 is 2.65 bits per heavy atom. The zero-order valence-corrected chi connectivity index (χ0v) is 10.1. The lowest BCUT2D eigenvalue weighted by atomic mass is 10.1. The molecule has 4 N–H and O–H groups in total. The third kappa shape index (κ3) is 5.70. The summed E-state index contributed by atoms with van der Waals surface area (Å²) in [5.74, 6) is -0.282. The van der Waals surface area contributed by atoms with Crippen LogP contribution in [0.4, 0.5) is 0 Å². The van der Waals surface area contributed by atoms with Gasteiger partial charge in [0.05, 0.1) is 12.3 Å². The SMILES string of the molecule is CC(CCc1ccccc1)NC(=O)CC(=N)N. The number of hydrogen-bond acceptors (Lipinski definition) is 2. The number of nitrogens with one attached hydrogen (secondary N) is 2. The summed E-state index contributed by atoms with van der Waals surface area (Å²) in [5, 5.41) is 9.84. The normalized spacial score (nSPS) is 11.8. The van der Waals surface area contributed by atoms with Crippen LogP contribution < -0.4 is 11.1 Å². The molecule has 1 aromatic carbocycles. The van der Waals surface area contributed by atoms with E-state index in [0.29, 0.717) is 0 Å². The van der Waals surface area contributed by atoms with E-state index in [-0.39, 0.29) is 24.2 Å². The monoisotopic (exact) mass is 233 g/mol. The molecule has 0 aliphatic rings. The first-order valence-corrected chi connectivity index (χ1v) is 5.74. The molecular formula is C13H19N3O. The number of carbonyl (C=O) groups excluding carboxylic acids is 1. The summed E-state index contributed by atoms with van der Waals surface area (Å²) in [5.41, 5.74) is 6.42. The Kier molecular flexibility index (Phi) is 5.20. The summed E-state index contributed by atoms with van der Waals surface area (Å²) >= 11 is 0. The fourth-order valence-corrected chi connectivity index (χ4v) is 1.60. The average Bonchev–Trinajstić information content (AvgIpc) is 2.26. The molecular weight excluding hydrogens is 214 g/mol. The molecule has 0 spiro atoms. The molecule has 4 nitrogen and oxygen atoms in total. The quantitative estimate of drug-likeness (QED) is 0.513. The van der Waals surface area contributed by atoms with Crippen LogP contribution in [0.3, 0.4) is 0 Å². The smallest absolute Gasteiger partial charge is 0.227 e. The summed E-state index contributed by atoms with van der Waals surface area (Å²) in [6.45, 7) is 1.96. The number of amides is 1. The molecule has 92 valence electrons. The van der Waals surface area contributed by atoms with Crippen LogP contribution in [0, 0.1) is 5.41 Å². The van der Waals surface area contributed by atoms with Gasteiger partial charge in [-0.1, -0.05) is 30.3 Å². The maximum Gasteiger partial charge on any atom is 0.227 e. The van der Waals surface area contributed by atoms with Gasteiger partial charge in [-0.25, -0.2) is 0 Å². The topological polar surface area (TPSA) is 79.0 Å². The van der Waals surface area contributed by atoms with Crippen LogP contribution in [0.2, 0.25) is 0 Å². The minimum absolute atomic E-state index is 0.0182. The fourth-order valence-electron chi connectivity index (χ4n) is 1.60. The predicted molar refractivity (Wildman–Crippen MR) is 68.9 cm³/mol. The highest BCUT2D eigenvalue weighted by molar-refractivity contribution is 5.97. The van der Waals surface area contributed by atoms with Crippen LogP contribution in [0.25, 0.3) is 0 Å². The molecule has 4 heteroatoms. The summed E-state index contributed by atoms with van der Waals surface area (Å²) in [4.78, 5) is 11.3. The minimum atomic E-state index is -0.182. The summed E-state index contributed by atoms with van der Waals surface area (Å²) < 4.78 is 0. The van der Waals surface area contributed by atoms with Gasteiger partial charge < -0.3 is 11.1 Å². The standard InChI is InChI=1S/C13H19N3O/c1-10(16-13(17)9-12(14)15)7-8-11-5-3-2-4-6-11/h2-6,10H,7-9H2,1H3,(H3,14,15)(H,16,17). The van der Waals surface area contributed by atoms with Gasteiger partial charge in [0.25, 0.3) is 0 Å². The molecule has 1 amide bonds. The number of hydrogen-bond donors (Lipinski definition) is 3. The van der Waals surface area contributed by atoms with Crippen LogP contribution in [-0.2, 0) is 11.2 Å². The molecule has 1 atom stereocenters. The molecule has 17 heavy (non-hydrogen) atoms. The van der Waals surface area contributed by atoms with Crippen LogP contribution in [0.5, 0.6) is 0 Å². The van der Waals surface area contributed by atoms with Crippen molar-refractivity contribution in [2.45, 2.75) is 32.2 Å². The Labute approximate surface area is 102 Å². The lowest BCUT2D eigenvalue weighted by Gasteiger charge is -2.13. The Morgan fingerprint density at radius 2 is 2.06 bits per heavy atom. The maximum absolute atomic E-state index is 11.3. The molecule has 0 aliphatic carbocycles. The first-order valence-electron chi connectivity index (χ1n) is 5.74. The highest BCUT2D eigenvalue weighted by atomic mass is 16.1. The first kappa shape index (κ1) is 13.2. The summed E-state index contributed by atoms with van der Waals surface area (Å²) in [6, 6.07) is 10.3. The van der Waals surface area contributed by atoms with Gasteiger partial charge >= 0.3 is 0 Å². The molecule has 1 rings (SSSR count). The van der Waals surface area contributed by atoms with Crippen molar-refractivity contribution in [1.29, 1.82) is 5.41 Å². The third-order valence-corrected chi connectivity index (χ3v) is 2.47. The van der Waals surface area contributed by atoms with Crippen molar-refractivity contribution in [3.8, 4) is 0 Å². The zero-order chi connectivity index (χ0) is 12.7. The van der Waals surface area contributed by atoms with Gasteiger partial charge in [-0.2, -0.15) is 0 Å². The van der Waals surface area contributed by atoms with E-state index in [9.17, 15) is 4.79 Å². The molecule has 0 aromatic heterocycles. The number of nitrogens with two attached hydrogens (primary N) is 1. The van der Waals surface area contributed by atoms with E-state index in [0.717, 1.165) is 12.8 Å². The largest absolute Gasteiger partial charge is 0.387 e. The summed E-state index contributed by atoms with van der Waals surface area (Å²) in [6.07, 6.45) is 1.80. The van der Waals surface area contributed by atoms with Crippen LogP contribution >= 0.6 is 0 Å². The lowest BCUT2D eigenvalue weighted by molar-refractivity contribution is -0.120. The van der Waals surface area contributed by atoms with Crippen molar-refractivity contribution in [2.24, 2.45) is 5.73 Å². The maximum atomic E-state index is 11.3. The van der Waals surface area contributed by atoms with Crippen LogP contribution in [-0.4, -0.2) is 17.8 Å². The van der Waals surface area contributed by atoms with E-state index in [1.165, 1.54) is 5.56 Å². The van der Waals surface area contributed by atoms with Crippen molar-refractivity contribution in [1.82, 2.24) is 5.32 Å². The Hall–Kier alpha value is -1.84. The Balaban J connectivity index is 2.28. The molecule has 0 fully saturated rings. The molecule has 1 unspecified atom stereocenters. The van der Waals surface area contributed by atoms with Gasteiger partial charge in [-0.3, -0.25) is 10.2 Å².